The van der Waals surface area contributed by atoms with E-state index in [1.54, 1.807) is 0 Å². The van der Waals surface area contributed by atoms with Gasteiger partial charge in [-0.1, -0.05) is 13.8 Å². The van der Waals surface area contributed by atoms with Crippen LogP contribution in [0.1, 0.15) is 33.6 Å². The van der Waals surface area contributed by atoms with Crippen LogP contribution in [0.3, 0.4) is 0 Å². The molecule has 1 amide bonds. The normalized spacial score (nSPS) is 21.9. The van der Waals surface area contributed by atoms with Gasteiger partial charge in [0.15, 0.2) is 0 Å². The molecule has 0 radical (unpaired) electrons. The van der Waals surface area contributed by atoms with Crippen molar-refractivity contribution in [3.63, 3.8) is 0 Å². The number of amides is 1. The monoisotopic (exact) mass is 256 g/mol. The molecule has 0 spiro atoms. The summed E-state index contributed by atoms with van der Waals surface area (Å²) >= 11 is 0. The molecule has 0 aromatic heterocycles. The molecule has 0 aromatic rings. The summed E-state index contributed by atoms with van der Waals surface area (Å²) in [5.41, 5.74) is 0. The maximum absolute atomic E-state index is 12.0. The van der Waals surface area contributed by atoms with E-state index in [0.29, 0.717) is 12.5 Å². The molecule has 2 atom stereocenters. The number of hydrogen-bond donors (Lipinski definition) is 1. The van der Waals surface area contributed by atoms with Crippen molar-refractivity contribution in [3.8, 4) is 0 Å². The van der Waals surface area contributed by atoms with Crippen LogP contribution in [0.5, 0.6) is 0 Å². The van der Waals surface area contributed by atoms with E-state index in [1.807, 2.05) is 11.8 Å². The number of hydrogen-bond acceptors (Lipinski definition) is 4. The first-order valence-electron chi connectivity index (χ1n) is 6.58. The minimum Gasteiger partial charge on any atom is -0.468 e. The summed E-state index contributed by atoms with van der Waals surface area (Å²) in [5, 5.41) is 2.90. The minimum absolute atomic E-state index is 0.0143. The standard InChI is InChI=1S/C13H24N2O3/c1-9(2)8-14-12(16)10(3)15-7-5-6-11(15)13(17)18-4/h9-11H,5-8H2,1-4H3,(H,14,16). The van der Waals surface area contributed by atoms with Crippen LogP contribution in [-0.2, 0) is 14.3 Å². The number of rotatable bonds is 5. The molecule has 1 saturated heterocycles. The summed E-state index contributed by atoms with van der Waals surface area (Å²) < 4.78 is 4.78. The molecule has 18 heavy (non-hydrogen) atoms. The third-order valence-electron chi connectivity index (χ3n) is 3.33. The van der Waals surface area contributed by atoms with Gasteiger partial charge in [-0.3, -0.25) is 14.5 Å². The van der Waals surface area contributed by atoms with Gasteiger partial charge in [0.25, 0.3) is 0 Å². The van der Waals surface area contributed by atoms with E-state index in [1.165, 1.54) is 7.11 Å². The van der Waals surface area contributed by atoms with Gasteiger partial charge in [0.05, 0.1) is 13.2 Å². The first-order valence-corrected chi connectivity index (χ1v) is 6.58. The Kier molecular flexibility index (Phi) is 5.59. The maximum Gasteiger partial charge on any atom is 0.323 e. The molecule has 2 unspecified atom stereocenters. The topological polar surface area (TPSA) is 58.6 Å². The van der Waals surface area contributed by atoms with E-state index in [9.17, 15) is 9.59 Å². The second-order valence-corrected chi connectivity index (χ2v) is 5.23. The number of ether oxygens (including phenoxy) is 1. The van der Waals surface area contributed by atoms with E-state index in [4.69, 9.17) is 4.74 Å². The van der Waals surface area contributed by atoms with Crippen molar-refractivity contribution >= 4 is 11.9 Å². The van der Waals surface area contributed by atoms with Crippen molar-refractivity contribution in [2.24, 2.45) is 5.92 Å². The molecule has 1 rings (SSSR count). The van der Waals surface area contributed by atoms with Crippen molar-refractivity contribution in [2.75, 3.05) is 20.2 Å². The van der Waals surface area contributed by atoms with Crippen LogP contribution in [0.4, 0.5) is 0 Å². The van der Waals surface area contributed by atoms with Crippen LogP contribution in [0.15, 0.2) is 0 Å². The minimum atomic E-state index is -0.282. The average Bonchev–Trinajstić information content (AvgIpc) is 2.82. The molecule has 0 aliphatic carbocycles. The van der Waals surface area contributed by atoms with Gasteiger partial charge in [0, 0.05) is 6.54 Å². The lowest BCUT2D eigenvalue weighted by Gasteiger charge is -2.28. The number of likely N-dealkylation sites (tertiary alicyclic amines) is 1. The Hall–Kier alpha value is -1.10. The Labute approximate surface area is 109 Å². The molecule has 1 heterocycles. The fourth-order valence-corrected chi connectivity index (χ4v) is 2.24. The van der Waals surface area contributed by atoms with Gasteiger partial charge in [0.1, 0.15) is 6.04 Å². The molecule has 0 aromatic carbocycles. The zero-order valence-corrected chi connectivity index (χ0v) is 11.7. The number of nitrogens with zero attached hydrogens (tertiary/aromatic N) is 1. The molecular weight excluding hydrogens is 232 g/mol. The number of carbonyl (C=O) groups excluding carboxylic acids is 2. The molecule has 0 bridgehead atoms. The van der Waals surface area contributed by atoms with Gasteiger partial charge in [0.2, 0.25) is 5.91 Å². The smallest absolute Gasteiger partial charge is 0.323 e. The molecule has 1 aliphatic rings. The predicted molar refractivity (Wildman–Crippen MR) is 69.1 cm³/mol. The summed E-state index contributed by atoms with van der Waals surface area (Å²) in [6.45, 7) is 7.39. The second-order valence-electron chi connectivity index (χ2n) is 5.23. The van der Waals surface area contributed by atoms with Gasteiger partial charge < -0.3 is 10.1 Å². The van der Waals surface area contributed by atoms with Crippen molar-refractivity contribution in [1.29, 1.82) is 0 Å². The molecule has 1 aliphatic heterocycles. The van der Waals surface area contributed by atoms with E-state index in [-0.39, 0.29) is 24.0 Å². The number of methoxy groups -OCH3 is 1. The lowest BCUT2D eigenvalue weighted by molar-refractivity contribution is -0.147. The third kappa shape index (κ3) is 3.70. The van der Waals surface area contributed by atoms with Gasteiger partial charge in [-0.15, -0.1) is 0 Å². The van der Waals surface area contributed by atoms with Gasteiger partial charge in [-0.2, -0.15) is 0 Å². The summed E-state index contributed by atoms with van der Waals surface area (Å²) in [7, 11) is 1.39. The number of nitrogens with one attached hydrogen (secondary N) is 1. The lowest BCUT2D eigenvalue weighted by Crippen LogP contribution is -2.50. The van der Waals surface area contributed by atoms with Crippen LogP contribution in [0.25, 0.3) is 0 Å². The largest absolute Gasteiger partial charge is 0.468 e. The van der Waals surface area contributed by atoms with E-state index >= 15 is 0 Å². The Balaban J connectivity index is 2.56. The maximum atomic E-state index is 12.0. The fraction of sp³-hybridized carbons (Fsp3) is 0.846. The van der Waals surface area contributed by atoms with Crippen LogP contribution in [0, 0.1) is 5.92 Å². The first-order chi connectivity index (χ1) is 8.47. The average molecular weight is 256 g/mol. The van der Waals surface area contributed by atoms with Gasteiger partial charge in [-0.25, -0.2) is 0 Å². The van der Waals surface area contributed by atoms with Gasteiger partial charge in [-0.05, 0) is 32.2 Å². The highest BCUT2D eigenvalue weighted by atomic mass is 16.5. The summed E-state index contributed by atoms with van der Waals surface area (Å²) in [6.07, 6.45) is 1.70. The Morgan fingerprint density at radius 1 is 1.39 bits per heavy atom. The van der Waals surface area contributed by atoms with Crippen molar-refractivity contribution in [2.45, 2.75) is 45.7 Å². The van der Waals surface area contributed by atoms with Crippen molar-refractivity contribution < 1.29 is 14.3 Å². The molecule has 5 nitrogen and oxygen atoms in total. The highest BCUT2D eigenvalue weighted by Gasteiger charge is 2.36. The molecule has 1 fully saturated rings. The Morgan fingerprint density at radius 3 is 2.61 bits per heavy atom. The highest BCUT2D eigenvalue weighted by Crippen LogP contribution is 2.21. The van der Waals surface area contributed by atoms with Crippen LogP contribution < -0.4 is 5.32 Å². The molecular formula is C13H24N2O3. The van der Waals surface area contributed by atoms with Crippen molar-refractivity contribution in [1.82, 2.24) is 10.2 Å². The fourth-order valence-electron chi connectivity index (χ4n) is 2.24. The second kappa shape index (κ2) is 6.73. The summed E-state index contributed by atoms with van der Waals surface area (Å²) in [5.74, 6) is 0.173. The summed E-state index contributed by atoms with van der Waals surface area (Å²) in [4.78, 5) is 25.5. The van der Waals surface area contributed by atoms with E-state index in [2.05, 4.69) is 19.2 Å². The molecule has 104 valence electrons. The highest BCUT2D eigenvalue weighted by molar-refractivity contribution is 5.83. The number of carbonyl (C=O) groups is 2. The lowest BCUT2D eigenvalue weighted by atomic mass is 10.1. The predicted octanol–water partition coefficient (Wildman–Crippen LogP) is 0.785. The van der Waals surface area contributed by atoms with E-state index in [0.717, 1.165) is 19.4 Å². The molecule has 5 heteroatoms. The number of esters is 1. The van der Waals surface area contributed by atoms with Gasteiger partial charge >= 0.3 is 5.97 Å². The zero-order chi connectivity index (χ0) is 13.7. The quantitative estimate of drug-likeness (QED) is 0.739. The van der Waals surface area contributed by atoms with Crippen LogP contribution >= 0.6 is 0 Å². The van der Waals surface area contributed by atoms with Crippen LogP contribution in [0.2, 0.25) is 0 Å². The Bertz CT molecular complexity index is 305. The third-order valence-corrected chi connectivity index (χ3v) is 3.33. The molecule has 0 saturated carbocycles. The molecule has 1 N–H and O–H groups in total. The van der Waals surface area contributed by atoms with E-state index < -0.39 is 0 Å². The Morgan fingerprint density at radius 2 is 2.06 bits per heavy atom. The SMILES string of the molecule is COC(=O)C1CCCN1C(C)C(=O)NCC(C)C. The van der Waals surface area contributed by atoms with Crippen molar-refractivity contribution in [3.05, 3.63) is 0 Å². The summed E-state index contributed by atoms with van der Waals surface area (Å²) in [6, 6.07) is -0.551. The first kappa shape index (κ1) is 15.0. The van der Waals surface area contributed by atoms with Crippen LogP contribution in [-0.4, -0.2) is 49.1 Å². The zero-order valence-electron chi connectivity index (χ0n) is 11.7.